The van der Waals surface area contributed by atoms with Crippen LogP contribution in [0.4, 0.5) is 8.78 Å². The second-order valence-corrected chi connectivity index (χ2v) is 5.91. The van der Waals surface area contributed by atoms with Crippen LogP contribution in [0.25, 0.3) is 10.9 Å². The molecule has 0 aliphatic carbocycles. The summed E-state index contributed by atoms with van der Waals surface area (Å²) < 4.78 is 28.1. The van der Waals surface area contributed by atoms with Crippen LogP contribution in [-0.4, -0.2) is 42.5 Å². The van der Waals surface area contributed by atoms with Crippen molar-refractivity contribution in [3.63, 3.8) is 0 Å². The Kier molecular flexibility index (Phi) is 7.55. The normalized spacial score (nSPS) is 17.1. The molecule has 0 saturated carbocycles. The van der Waals surface area contributed by atoms with E-state index in [1.165, 1.54) is 0 Å². The van der Waals surface area contributed by atoms with Crippen LogP contribution >= 0.6 is 40.7 Å². The Labute approximate surface area is 148 Å². The van der Waals surface area contributed by atoms with Crippen LogP contribution in [0.15, 0.2) is 28.9 Å². The average molecular weight is 417 g/mol. The minimum atomic E-state index is -2.40. The molecule has 0 amide bonds. The highest BCUT2D eigenvalue weighted by atomic mass is 79.9. The number of H-pyrrole nitrogens is 1. The van der Waals surface area contributed by atoms with Crippen LogP contribution in [0.1, 0.15) is 11.6 Å². The van der Waals surface area contributed by atoms with E-state index >= 15 is 0 Å². The van der Waals surface area contributed by atoms with E-state index < -0.39 is 12.5 Å². The Morgan fingerprint density at radius 2 is 1.82 bits per heavy atom. The van der Waals surface area contributed by atoms with Gasteiger partial charge in [0.05, 0.1) is 6.04 Å². The highest BCUT2D eigenvalue weighted by Crippen LogP contribution is 2.34. The van der Waals surface area contributed by atoms with Crippen LogP contribution in [0, 0.1) is 0 Å². The molecule has 1 aliphatic rings. The summed E-state index contributed by atoms with van der Waals surface area (Å²) >= 11 is 3.41. The summed E-state index contributed by atoms with van der Waals surface area (Å²) in [5, 5.41) is 4.06. The monoisotopic (exact) mass is 415 g/mol. The van der Waals surface area contributed by atoms with Gasteiger partial charge in [-0.3, -0.25) is 4.90 Å². The van der Waals surface area contributed by atoms with E-state index in [0.29, 0.717) is 18.7 Å². The number of fused-ring (bicyclic) bond motifs is 1. The Balaban J connectivity index is 0.00000121. The highest BCUT2D eigenvalue weighted by Gasteiger charge is 2.31. The van der Waals surface area contributed by atoms with E-state index in [9.17, 15) is 8.78 Å². The number of benzene rings is 1. The summed E-state index contributed by atoms with van der Waals surface area (Å²) in [5.41, 5.74) is 1.57. The quantitative estimate of drug-likeness (QED) is 0.792. The van der Waals surface area contributed by atoms with Gasteiger partial charge in [-0.25, -0.2) is 8.78 Å². The zero-order valence-electron chi connectivity index (χ0n) is 11.7. The lowest BCUT2D eigenvalue weighted by molar-refractivity contribution is 0.0189. The first-order chi connectivity index (χ1) is 9.66. The Bertz CT molecular complexity index is 603. The largest absolute Gasteiger partial charge is 0.361 e. The molecule has 1 atom stereocenters. The molecule has 2 aromatic rings. The predicted octanol–water partition coefficient (Wildman–Crippen LogP) is 3.99. The number of aromatic nitrogens is 1. The molecule has 1 aromatic heterocycles. The van der Waals surface area contributed by atoms with Crippen molar-refractivity contribution in [1.82, 2.24) is 15.2 Å². The van der Waals surface area contributed by atoms with Crippen molar-refractivity contribution in [2.24, 2.45) is 0 Å². The lowest BCUT2D eigenvalue weighted by atomic mass is 10.0. The number of piperazine rings is 1. The number of aromatic amines is 1. The van der Waals surface area contributed by atoms with Crippen molar-refractivity contribution in [2.45, 2.75) is 12.5 Å². The first kappa shape index (κ1) is 19.6. The average Bonchev–Trinajstić information content (AvgIpc) is 2.83. The minimum absolute atomic E-state index is 0. The number of hydrogen-bond acceptors (Lipinski definition) is 2. The fourth-order valence-electron chi connectivity index (χ4n) is 2.81. The van der Waals surface area contributed by atoms with Gasteiger partial charge in [-0.15, -0.1) is 24.8 Å². The van der Waals surface area contributed by atoms with E-state index in [1.807, 2.05) is 23.1 Å². The maximum atomic E-state index is 13.6. The Morgan fingerprint density at radius 1 is 1.14 bits per heavy atom. The van der Waals surface area contributed by atoms with E-state index in [0.717, 1.165) is 28.5 Å². The summed E-state index contributed by atoms with van der Waals surface area (Å²) in [4.78, 5) is 4.96. The maximum Gasteiger partial charge on any atom is 0.258 e. The molecule has 3 nitrogen and oxygen atoms in total. The van der Waals surface area contributed by atoms with E-state index in [-0.39, 0.29) is 24.8 Å². The maximum absolute atomic E-state index is 13.6. The van der Waals surface area contributed by atoms with Crippen molar-refractivity contribution in [1.29, 1.82) is 0 Å². The number of rotatable bonds is 3. The second kappa shape index (κ2) is 8.45. The molecule has 0 unspecified atom stereocenters. The van der Waals surface area contributed by atoms with Crippen LogP contribution in [0.3, 0.4) is 0 Å². The van der Waals surface area contributed by atoms with Crippen molar-refractivity contribution in [3.05, 3.63) is 34.4 Å². The van der Waals surface area contributed by atoms with Gasteiger partial charge in [0.25, 0.3) is 6.43 Å². The molecule has 1 aromatic carbocycles. The molecule has 3 rings (SSSR count). The third kappa shape index (κ3) is 3.92. The summed E-state index contributed by atoms with van der Waals surface area (Å²) in [6.07, 6.45) is -0.679. The van der Waals surface area contributed by atoms with Crippen LogP contribution in [0.5, 0.6) is 0 Å². The molecule has 2 heterocycles. The fourth-order valence-corrected chi connectivity index (χ4v) is 3.17. The first-order valence-electron chi connectivity index (χ1n) is 6.66. The lowest BCUT2D eigenvalue weighted by Crippen LogP contribution is -2.46. The minimum Gasteiger partial charge on any atom is -0.361 e. The zero-order valence-corrected chi connectivity index (χ0v) is 14.9. The van der Waals surface area contributed by atoms with Crippen LogP contribution in [0.2, 0.25) is 0 Å². The molecule has 1 saturated heterocycles. The van der Waals surface area contributed by atoms with Gasteiger partial charge in [0.15, 0.2) is 0 Å². The van der Waals surface area contributed by atoms with Gasteiger partial charge >= 0.3 is 0 Å². The smallest absolute Gasteiger partial charge is 0.258 e. The fraction of sp³-hybridized carbons (Fsp3) is 0.429. The van der Waals surface area contributed by atoms with E-state index in [4.69, 9.17) is 0 Å². The first-order valence-corrected chi connectivity index (χ1v) is 7.45. The number of nitrogens with one attached hydrogen (secondary N) is 2. The summed E-state index contributed by atoms with van der Waals surface area (Å²) in [6.45, 7) is 2.82. The summed E-state index contributed by atoms with van der Waals surface area (Å²) in [6, 6.07) is 4.87. The standard InChI is InChI=1S/C14H16BrF2N3.2ClH/c15-9-1-2-12-10(7-9)11(8-19-12)13(14(16)17)20-5-3-18-4-6-20;;/h1-2,7-8,13-14,18-19H,3-6H2;2*1H/t13-;;/m1../s1. The molecular weight excluding hydrogens is 399 g/mol. The Hall–Kier alpha value is -0.400. The van der Waals surface area contributed by atoms with Gasteiger partial charge in [0, 0.05) is 53.3 Å². The van der Waals surface area contributed by atoms with Crippen molar-refractivity contribution in [3.8, 4) is 0 Å². The van der Waals surface area contributed by atoms with Gasteiger partial charge < -0.3 is 10.3 Å². The molecule has 124 valence electrons. The molecule has 0 bridgehead atoms. The molecule has 1 aliphatic heterocycles. The van der Waals surface area contributed by atoms with E-state index in [2.05, 4.69) is 26.2 Å². The SMILES string of the molecule is Cl.Cl.FC(F)[C@@H](c1c[nH]c2ccc(Br)cc12)N1CCNCC1. The van der Waals surface area contributed by atoms with Gasteiger partial charge in [0.1, 0.15) is 0 Å². The van der Waals surface area contributed by atoms with Crippen molar-refractivity contribution >= 4 is 51.6 Å². The third-order valence-electron chi connectivity index (χ3n) is 3.78. The van der Waals surface area contributed by atoms with Gasteiger partial charge in [-0.1, -0.05) is 15.9 Å². The molecule has 1 fully saturated rings. The van der Waals surface area contributed by atoms with Gasteiger partial charge in [-0.05, 0) is 18.2 Å². The molecular formula is C14H18BrCl2F2N3. The zero-order chi connectivity index (χ0) is 14.1. The molecule has 8 heteroatoms. The van der Waals surface area contributed by atoms with Crippen LogP contribution in [-0.2, 0) is 0 Å². The third-order valence-corrected chi connectivity index (χ3v) is 4.27. The van der Waals surface area contributed by atoms with Gasteiger partial charge in [0.2, 0.25) is 0 Å². The van der Waals surface area contributed by atoms with E-state index in [1.54, 1.807) is 6.20 Å². The molecule has 0 radical (unpaired) electrons. The van der Waals surface area contributed by atoms with Crippen molar-refractivity contribution in [2.75, 3.05) is 26.2 Å². The molecule has 2 N–H and O–H groups in total. The topological polar surface area (TPSA) is 31.1 Å². The lowest BCUT2D eigenvalue weighted by Gasteiger charge is -2.34. The second-order valence-electron chi connectivity index (χ2n) is 5.00. The Morgan fingerprint density at radius 3 is 2.45 bits per heavy atom. The van der Waals surface area contributed by atoms with Crippen LogP contribution < -0.4 is 5.32 Å². The number of hydrogen-bond donors (Lipinski definition) is 2. The molecule has 0 spiro atoms. The number of halogens is 5. The predicted molar refractivity (Wildman–Crippen MR) is 93.7 cm³/mol. The summed E-state index contributed by atoms with van der Waals surface area (Å²) in [5.74, 6) is 0. The number of nitrogens with zero attached hydrogens (tertiary/aromatic N) is 1. The molecule has 22 heavy (non-hydrogen) atoms. The highest BCUT2D eigenvalue weighted by molar-refractivity contribution is 9.10. The number of alkyl halides is 2. The van der Waals surface area contributed by atoms with Gasteiger partial charge in [-0.2, -0.15) is 0 Å². The summed E-state index contributed by atoms with van der Waals surface area (Å²) in [7, 11) is 0. The van der Waals surface area contributed by atoms with Crippen molar-refractivity contribution < 1.29 is 8.78 Å².